The number of benzene rings is 1. The second-order valence-electron chi connectivity index (χ2n) is 4.92. The van der Waals surface area contributed by atoms with Crippen LogP contribution in [0, 0.1) is 0 Å². The molecule has 0 heterocycles. The standard InChI is InChI=1S/C9H10FNO2.C6H14N2O2/c10-11-8(9(12)13)6-7-4-2-1-3-5-7;7-4-2-1-3-5(8)6(9)10/h1-5,8,11H,6H2,(H,12,13);5H,1-4,7-8H2,(H,9,10)/t8-;5-/m00/s1. The van der Waals surface area contributed by atoms with Crippen molar-refractivity contribution < 1.29 is 24.3 Å². The molecule has 7 nitrogen and oxygen atoms in total. The van der Waals surface area contributed by atoms with E-state index in [0.717, 1.165) is 18.4 Å². The lowest BCUT2D eigenvalue weighted by Crippen LogP contribution is -2.33. The highest BCUT2D eigenvalue weighted by Gasteiger charge is 2.16. The zero-order chi connectivity index (χ0) is 17.7. The van der Waals surface area contributed by atoms with Crippen molar-refractivity contribution in [3.63, 3.8) is 0 Å². The summed E-state index contributed by atoms with van der Waals surface area (Å²) in [4.78, 5) is 20.6. The number of nitrogens with two attached hydrogens (primary N) is 2. The fraction of sp³-hybridized carbons (Fsp3) is 0.467. The molecule has 1 aromatic carbocycles. The van der Waals surface area contributed by atoms with Crippen LogP contribution in [-0.2, 0) is 16.0 Å². The van der Waals surface area contributed by atoms with Crippen LogP contribution in [0.15, 0.2) is 30.3 Å². The van der Waals surface area contributed by atoms with E-state index in [2.05, 4.69) is 0 Å². The Labute approximate surface area is 134 Å². The summed E-state index contributed by atoms with van der Waals surface area (Å²) in [5.74, 6) is -2.12. The van der Waals surface area contributed by atoms with E-state index in [1.165, 1.54) is 5.54 Å². The Morgan fingerprint density at radius 1 is 1.13 bits per heavy atom. The van der Waals surface area contributed by atoms with E-state index >= 15 is 0 Å². The molecule has 8 heteroatoms. The van der Waals surface area contributed by atoms with Crippen molar-refractivity contribution in [3.8, 4) is 0 Å². The first-order chi connectivity index (χ1) is 10.9. The monoisotopic (exact) mass is 329 g/mol. The van der Waals surface area contributed by atoms with Crippen LogP contribution in [0.25, 0.3) is 0 Å². The molecule has 0 aliphatic heterocycles. The van der Waals surface area contributed by atoms with Crippen LogP contribution in [0.4, 0.5) is 4.48 Å². The summed E-state index contributed by atoms with van der Waals surface area (Å²) in [6, 6.07) is 7.02. The lowest BCUT2D eigenvalue weighted by atomic mass is 10.1. The van der Waals surface area contributed by atoms with Gasteiger partial charge in [-0.3, -0.25) is 9.59 Å². The number of hydrogen-bond acceptors (Lipinski definition) is 5. The number of unbranched alkanes of at least 4 members (excludes halogenated alkanes) is 1. The highest BCUT2D eigenvalue weighted by Crippen LogP contribution is 2.03. The second-order valence-corrected chi connectivity index (χ2v) is 4.92. The van der Waals surface area contributed by atoms with Gasteiger partial charge in [-0.25, -0.2) is 0 Å². The third-order valence-corrected chi connectivity index (χ3v) is 3.00. The summed E-state index contributed by atoms with van der Waals surface area (Å²) in [7, 11) is 0. The third-order valence-electron chi connectivity index (χ3n) is 3.00. The zero-order valence-electron chi connectivity index (χ0n) is 12.8. The van der Waals surface area contributed by atoms with E-state index in [1.807, 2.05) is 6.07 Å². The maximum Gasteiger partial charge on any atom is 0.323 e. The van der Waals surface area contributed by atoms with Crippen molar-refractivity contribution in [3.05, 3.63) is 35.9 Å². The number of halogens is 1. The second kappa shape index (κ2) is 12.5. The van der Waals surface area contributed by atoms with Gasteiger partial charge in [-0.1, -0.05) is 36.8 Å². The van der Waals surface area contributed by atoms with Crippen molar-refractivity contribution in [2.45, 2.75) is 37.8 Å². The molecule has 0 aliphatic rings. The lowest BCUT2D eigenvalue weighted by molar-refractivity contribution is -0.141. The van der Waals surface area contributed by atoms with Gasteiger partial charge in [-0.2, -0.15) is 0 Å². The van der Waals surface area contributed by atoms with Crippen LogP contribution in [-0.4, -0.2) is 40.8 Å². The minimum atomic E-state index is -1.19. The molecule has 23 heavy (non-hydrogen) atoms. The molecule has 0 amide bonds. The van der Waals surface area contributed by atoms with Gasteiger partial charge in [0.25, 0.3) is 0 Å². The van der Waals surface area contributed by atoms with Crippen molar-refractivity contribution in [1.82, 2.24) is 5.54 Å². The average molecular weight is 329 g/mol. The number of nitrogens with one attached hydrogen (secondary N) is 1. The SMILES string of the molecule is NCCCC[C@H](N)C(=O)O.O=C(O)[C@H](Cc1ccccc1)NF. The lowest BCUT2D eigenvalue weighted by Gasteiger charge is -2.07. The Bertz CT molecular complexity index is 459. The van der Waals surface area contributed by atoms with Crippen LogP contribution in [0.2, 0.25) is 0 Å². The summed E-state index contributed by atoms with van der Waals surface area (Å²) in [5, 5.41) is 16.9. The maximum absolute atomic E-state index is 12.0. The number of rotatable bonds is 9. The van der Waals surface area contributed by atoms with Crippen LogP contribution in [0.1, 0.15) is 24.8 Å². The van der Waals surface area contributed by atoms with E-state index in [-0.39, 0.29) is 6.42 Å². The Morgan fingerprint density at radius 2 is 1.74 bits per heavy atom. The summed E-state index contributed by atoms with van der Waals surface area (Å²) < 4.78 is 12.0. The van der Waals surface area contributed by atoms with Crippen molar-refractivity contribution in [1.29, 1.82) is 0 Å². The Balaban J connectivity index is 0.000000438. The predicted molar refractivity (Wildman–Crippen MR) is 84.3 cm³/mol. The van der Waals surface area contributed by atoms with Crippen molar-refractivity contribution >= 4 is 11.9 Å². The van der Waals surface area contributed by atoms with Gasteiger partial charge in [0, 0.05) is 6.42 Å². The van der Waals surface area contributed by atoms with E-state index in [4.69, 9.17) is 21.7 Å². The molecule has 1 rings (SSSR count). The Hall–Kier alpha value is -2.03. The third kappa shape index (κ3) is 10.3. The van der Waals surface area contributed by atoms with Crippen LogP contribution in [0.3, 0.4) is 0 Å². The van der Waals surface area contributed by atoms with Gasteiger partial charge in [0.1, 0.15) is 12.1 Å². The van der Waals surface area contributed by atoms with Gasteiger partial charge < -0.3 is 21.7 Å². The first-order valence-corrected chi connectivity index (χ1v) is 7.23. The number of carboxylic acid groups (broad SMARTS) is 2. The molecule has 0 saturated carbocycles. The van der Waals surface area contributed by atoms with Crippen molar-refractivity contribution in [2.75, 3.05) is 6.54 Å². The molecule has 0 spiro atoms. The average Bonchev–Trinajstić information content (AvgIpc) is 2.54. The van der Waals surface area contributed by atoms with E-state index in [1.54, 1.807) is 24.3 Å². The fourth-order valence-electron chi connectivity index (χ4n) is 1.65. The summed E-state index contributed by atoms with van der Waals surface area (Å²) in [6.07, 6.45) is 2.31. The smallest absolute Gasteiger partial charge is 0.323 e. The molecular weight excluding hydrogens is 305 g/mol. The van der Waals surface area contributed by atoms with Crippen LogP contribution < -0.4 is 17.0 Å². The summed E-state index contributed by atoms with van der Waals surface area (Å²) in [5.41, 5.74) is 12.5. The Morgan fingerprint density at radius 3 is 2.17 bits per heavy atom. The van der Waals surface area contributed by atoms with Crippen molar-refractivity contribution in [2.24, 2.45) is 11.5 Å². The molecule has 130 valence electrons. The fourth-order valence-corrected chi connectivity index (χ4v) is 1.65. The summed E-state index contributed by atoms with van der Waals surface area (Å²) in [6.45, 7) is 0.604. The minimum absolute atomic E-state index is 0.146. The highest BCUT2D eigenvalue weighted by molar-refractivity contribution is 5.73. The molecule has 0 radical (unpaired) electrons. The van der Waals surface area contributed by atoms with Gasteiger partial charge in [0.2, 0.25) is 0 Å². The summed E-state index contributed by atoms with van der Waals surface area (Å²) >= 11 is 0. The van der Waals surface area contributed by atoms with Crippen LogP contribution >= 0.6 is 0 Å². The molecule has 0 unspecified atom stereocenters. The zero-order valence-corrected chi connectivity index (χ0v) is 12.8. The van der Waals surface area contributed by atoms with E-state index < -0.39 is 24.0 Å². The van der Waals surface area contributed by atoms with Gasteiger partial charge in [0.05, 0.1) is 0 Å². The molecule has 0 aromatic heterocycles. The van der Waals surface area contributed by atoms with E-state index in [9.17, 15) is 14.1 Å². The molecule has 0 saturated heterocycles. The number of aliphatic carboxylic acids is 2. The molecule has 0 aliphatic carbocycles. The van der Waals surface area contributed by atoms with Gasteiger partial charge in [-0.05, 0) is 24.9 Å². The van der Waals surface area contributed by atoms with Gasteiger partial charge in [-0.15, -0.1) is 10.0 Å². The maximum atomic E-state index is 12.0. The topological polar surface area (TPSA) is 139 Å². The highest BCUT2D eigenvalue weighted by atomic mass is 19.2. The molecule has 7 N–H and O–H groups in total. The number of carbonyl (C=O) groups is 2. The number of hydrogen-bond donors (Lipinski definition) is 5. The predicted octanol–water partition coefficient (Wildman–Crippen LogP) is 0.684. The van der Waals surface area contributed by atoms with Gasteiger partial charge >= 0.3 is 11.9 Å². The van der Waals surface area contributed by atoms with Crippen LogP contribution in [0.5, 0.6) is 0 Å². The first-order valence-electron chi connectivity index (χ1n) is 7.23. The van der Waals surface area contributed by atoms with Gasteiger partial charge in [0.15, 0.2) is 0 Å². The molecule has 2 atom stereocenters. The molecule has 0 fully saturated rings. The normalized spacial score (nSPS) is 12.7. The molecule has 0 bridgehead atoms. The Kier molecular flexibility index (Phi) is 11.4. The molecule has 1 aromatic rings. The van der Waals surface area contributed by atoms with E-state index in [0.29, 0.717) is 13.0 Å². The number of carboxylic acids is 2. The first kappa shape index (κ1) is 21.0. The quantitative estimate of drug-likeness (QED) is 0.332. The largest absolute Gasteiger partial charge is 0.480 e. The molecular formula is C15H24FN3O4. The minimum Gasteiger partial charge on any atom is -0.480 e.